The van der Waals surface area contributed by atoms with Crippen molar-refractivity contribution in [3.63, 3.8) is 0 Å². The molecule has 0 unspecified atom stereocenters. The first kappa shape index (κ1) is 19.6. The summed E-state index contributed by atoms with van der Waals surface area (Å²) in [6.45, 7) is 6.59. The molecule has 1 aliphatic carbocycles. The molecule has 3 rings (SSSR count). The number of amides is 2. The fraction of sp³-hybridized carbons (Fsp3) is 0.545. The van der Waals surface area contributed by atoms with Crippen molar-refractivity contribution in [1.29, 1.82) is 0 Å². The monoisotopic (exact) mass is 370 g/mol. The van der Waals surface area contributed by atoms with E-state index in [-0.39, 0.29) is 42.3 Å². The predicted molar refractivity (Wildman–Crippen MR) is 106 cm³/mol. The Morgan fingerprint density at radius 1 is 1.22 bits per heavy atom. The maximum absolute atomic E-state index is 12.8. The number of hydrogen-bond acceptors (Lipinski definition) is 3. The van der Waals surface area contributed by atoms with Gasteiger partial charge in [-0.2, -0.15) is 0 Å². The molecule has 2 fully saturated rings. The maximum Gasteiger partial charge on any atom is 0.226 e. The van der Waals surface area contributed by atoms with Crippen LogP contribution in [0.3, 0.4) is 0 Å². The smallest absolute Gasteiger partial charge is 0.226 e. The second-order valence-corrected chi connectivity index (χ2v) is 7.59. The summed E-state index contributed by atoms with van der Waals surface area (Å²) in [4.78, 5) is 28.4. The van der Waals surface area contributed by atoms with Crippen LogP contribution in [0.25, 0.3) is 6.08 Å². The number of nitrogens with zero attached hydrogens (tertiary/aromatic N) is 2. The number of hydrogen-bond donors (Lipinski definition) is 1. The summed E-state index contributed by atoms with van der Waals surface area (Å²) in [5, 5.41) is 10.0. The van der Waals surface area contributed by atoms with Gasteiger partial charge in [-0.1, -0.05) is 36.4 Å². The zero-order valence-electron chi connectivity index (χ0n) is 16.5. The van der Waals surface area contributed by atoms with Crippen LogP contribution in [0, 0.1) is 5.92 Å². The Morgan fingerprint density at radius 3 is 2.37 bits per heavy atom. The van der Waals surface area contributed by atoms with Crippen molar-refractivity contribution < 1.29 is 14.7 Å². The number of likely N-dealkylation sites (tertiary alicyclic amines) is 1. The normalized spacial score (nSPS) is 24.7. The van der Waals surface area contributed by atoms with Gasteiger partial charge in [0, 0.05) is 31.8 Å². The Morgan fingerprint density at radius 2 is 1.89 bits per heavy atom. The van der Waals surface area contributed by atoms with E-state index in [0.29, 0.717) is 13.1 Å². The van der Waals surface area contributed by atoms with Gasteiger partial charge in [-0.05, 0) is 37.8 Å². The molecule has 1 N–H and O–H groups in total. The van der Waals surface area contributed by atoms with Crippen LogP contribution in [0.15, 0.2) is 30.3 Å². The molecule has 2 amide bonds. The number of aliphatic hydroxyl groups is 1. The van der Waals surface area contributed by atoms with E-state index in [1.807, 2.05) is 30.9 Å². The summed E-state index contributed by atoms with van der Waals surface area (Å²) in [6.07, 6.45) is 5.92. The largest absolute Gasteiger partial charge is 0.394 e. The van der Waals surface area contributed by atoms with Gasteiger partial charge in [-0.25, -0.2) is 0 Å². The van der Waals surface area contributed by atoms with Crippen molar-refractivity contribution in [1.82, 2.24) is 9.80 Å². The maximum atomic E-state index is 12.8. The van der Waals surface area contributed by atoms with Gasteiger partial charge in [0.05, 0.1) is 18.7 Å². The molecule has 27 heavy (non-hydrogen) atoms. The number of benzene rings is 1. The number of likely N-dealkylation sites (N-methyl/N-ethyl adjacent to an activating group) is 1. The lowest BCUT2D eigenvalue weighted by Gasteiger charge is -2.56. The lowest BCUT2D eigenvalue weighted by atomic mass is 9.74. The van der Waals surface area contributed by atoms with Gasteiger partial charge >= 0.3 is 0 Å². The summed E-state index contributed by atoms with van der Waals surface area (Å²) in [5.74, 6) is 0.309. The fourth-order valence-electron chi connectivity index (χ4n) is 4.19. The van der Waals surface area contributed by atoms with E-state index in [1.165, 1.54) is 0 Å². The van der Waals surface area contributed by atoms with Crippen molar-refractivity contribution in [2.75, 3.05) is 19.7 Å². The van der Waals surface area contributed by atoms with Gasteiger partial charge in [-0.15, -0.1) is 0 Å². The first-order valence-electron chi connectivity index (χ1n) is 9.93. The molecule has 1 heterocycles. The Balaban J connectivity index is 1.88. The van der Waals surface area contributed by atoms with Crippen LogP contribution >= 0.6 is 0 Å². The topological polar surface area (TPSA) is 60.9 Å². The molecule has 0 bridgehead atoms. The molecule has 1 aliphatic heterocycles. The van der Waals surface area contributed by atoms with Gasteiger partial charge in [0.15, 0.2) is 0 Å². The van der Waals surface area contributed by atoms with Crippen molar-refractivity contribution in [2.45, 2.75) is 51.6 Å². The quantitative estimate of drug-likeness (QED) is 0.803. The van der Waals surface area contributed by atoms with E-state index >= 15 is 0 Å². The molecule has 0 radical (unpaired) electrons. The molecular formula is C22H30N2O3. The average molecular weight is 370 g/mol. The predicted octanol–water partition coefficient (Wildman–Crippen LogP) is 2.65. The molecule has 0 spiro atoms. The highest BCUT2D eigenvalue weighted by atomic mass is 16.3. The molecule has 2 aliphatic rings. The second-order valence-electron chi connectivity index (χ2n) is 7.59. The summed E-state index contributed by atoms with van der Waals surface area (Å²) in [7, 11) is 0. The molecule has 146 valence electrons. The minimum absolute atomic E-state index is 0.0194. The van der Waals surface area contributed by atoms with E-state index in [9.17, 15) is 14.7 Å². The van der Waals surface area contributed by atoms with E-state index in [2.05, 4.69) is 24.3 Å². The Labute approximate surface area is 161 Å². The van der Waals surface area contributed by atoms with E-state index in [1.54, 1.807) is 11.8 Å². The van der Waals surface area contributed by atoms with Gasteiger partial charge in [-0.3, -0.25) is 9.59 Å². The zero-order valence-corrected chi connectivity index (χ0v) is 16.5. The Hall–Kier alpha value is -2.14. The molecule has 3 atom stereocenters. The first-order valence-corrected chi connectivity index (χ1v) is 9.93. The lowest BCUT2D eigenvalue weighted by molar-refractivity contribution is -0.155. The molecule has 1 saturated heterocycles. The van der Waals surface area contributed by atoms with Crippen LogP contribution < -0.4 is 0 Å². The molecule has 1 saturated carbocycles. The van der Waals surface area contributed by atoms with Crippen LogP contribution in [-0.2, 0) is 9.59 Å². The van der Waals surface area contributed by atoms with Crippen molar-refractivity contribution >= 4 is 17.9 Å². The Bertz CT molecular complexity index is 709. The first-order chi connectivity index (χ1) is 13.0. The summed E-state index contributed by atoms with van der Waals surface area (Å²) in [6, 6.07) is 8.01. The van der Waals surface area contributed by atoms with Crippen molar-refractivity contribution in [3.05, 3.63) is 41.5 Å². The minimum Gasteiger partial charge on any atom is -0.394 e. The lowest BCUT2D eigenvalue weighted by Crippen LogP contribution is -2.69. The number of carbonyl (C=O) groups is 2. The highest BCUT2D eigenvalue weighted by Gasteiger charge is 2.53. The van der Waals surface area contributed by atoms with Crippen LogP contribution in [0.4, 0.5) is 0 Å². The van der Waals surface area contributed by atoms with E-state index in [4.69, 9.17) is 0 Å². The van der Waals surface area contributed by atoms with Gasteiger partial charge < -0.3 is 14.9 Å². The molecule has 5 heteroatoms. The number of allylic oxidation sites excluding steroid dienone is 1. The van der Waals surface area contributed by atoms with Crippen molar-refractivity contribution in [3.8, 4) is 0 Å². The molecule has 5 nitrogen and oxygen atoms in total. The third kappa shape index (κ3) is 3.93. The fourth-order valence-corrected chi connectivity index (χ4v) is 4.19. The van der Waals surface area contributed by atoms with E-state index < -0.39 is 0 Å². The SMILES string of the molecule is C/C=C/c1ccc([C@@H]2[C@H](CO)N(C(=O)C3CC3)[C@H]2CN(CC)C(C)=O)cc1. The van der Waals surface area contributed by atoms with E-state index in [0.717, 1.165) is 24.0 Å². The average Bonchev–Trinajstić information content (AvgIpc) is 3.48. The highest BCUT2D eigenvalue weighted by Crippen LogP contribution is 2.45. The van der Waals surface area contributed by atoms with Gasteiger partial charge in [0.25, 0.3) is 0 Å². The molecule has 0 aromatic heterocycles. The number of rotatable bonds is 7. The van der Waals surface area contributed by atoms with Gasteiger partial charge in [0.2, 0.25) is 11.8 Å². The van der Waals surface area contributed by atoms with Gasteiger partial charge in [0.1, 0.15) is 0 Å². The van der Waals surface area contributed by atoms with Crippen LogP contribution in [0.5, 0.6) is 0 Å². The minimum atomic E-state index is -0.207. The standard InChI is InChI=1S/C22H30N2O3/c1-4-6-16-7-9-17(10-8-16)21-19(13-23(5-2)15(3)26)24(20(21)14-25)22(27)18-11-12-18/h4,6-10,18-21,25H,5,11-14H2,1-3H3/b6-4+/t19-,20-,21-/m0/s1. The highest BCUT2D eigenvalue weighted by molar-refractivity contribution is 5.83. The van der Waals surface area contributed by atoms with Crippen molar-refractivity contribution in [2.24, 2.45) is 5.92 Å². The van der Waals surface area contributed by atoms with Crippen LogP contribution in [-0.4, -0.2) is 58.5 Å². The molecule has 1 aromatic rings. The summed E-state index contributed by atoms with van der Waals surface area (Å²) < 4.78 is 0. The third-order valence-electron chi connectivity index (χ3n) is 5.83. The zero-order chi connectivity index (χ0) is 19.6. The third-order valence-corrected chi connectivity index (χ3v) is 5.83. The number of carbonyl (C=O) groups excluding carboxylic acids is 2. The summed E-state index contributed by atoms with van der Waals surface area (Å²) >= 11 is 0. The van der Waals surface area contributed by atoms with Crippen LogP contribution in [0.2, 0.25) is 0 Å². The molecule has 1 aromatic carbocycles. The Kier molecular flexibility index (Phi) is 6.00. The number of aliphatic hydroxyl groups excluding tert-OH is 1. The summed E-state index contributed by atoms with van der Waals surface area (Å²) in [5.41, 5.74) is 2.24. The van der Waals surface area contributed by atoms with Crippen LogP contribution in [0.1, 0.15) is 50.7 Å². The second kappa shape index (κ2) is 8.26. The molecular weight excluding hydrogens is 340 g/mol.